The molecule has 106 valence electrons. The number of aromatic nitrogens is 1. The van der Waals surface area contributed by atoms with Crippen LogP contribution in [0.25, 0.3) is 0 Å². The van der Waals surface area contributed by atoms with Crippen LogP contribution in [0.4, 0.5) is 5.69 Å². The molecular weight excluding hydrogens is 256 g/mol. The summed E-state index contributed by atoms with van der Waals surface area (Å²) >= 11 is 0. The molecule has 5 heteroatoms. The third kappa shape index (κ3) is 3.54. The third-order valence-corrected chi connectivity index (χ3v) is 2.85. The largest absolute Gasteiger partial charge is 0.497 e. The van der Waals surface area contributed by atoms with Crippen LogP contribution in [0.5, 0.6) is 17.4 Å². The molecule has 0 radical (unpaired) electrons. The molecule has 0 unspecified atom stereocenters. The molecule has 0 bridgehead atoms. The van der Waals surface area contributed by atoms with E-state index in [-0.39, 0.29) is 0 Å². The van der Waals surface area contributed by atoms with E-state index in [9.17, 15) is 0 Å². The smallest absolute Gasteiger partial charge is 0.213 e. The van der Waals surface area contributed by atoms with Crippen molar-refractivity contribution in [3.63, 3.8) is 0 Å². The van der Waals surface area contributed by atoms with E-state index < -0.39 is 0 Å². The van der Waals surface area contributed by atoms with E-state index in [0.29, 0.717) is 12.4 Å². The predicted molar refractivity (Wildman–Crippen MR) is 77.7 cm³/mol. The van der Waals surface area contributed by atoms with Crippen LogP contribution in [0.15, 0.2) is 36.5 Å². The molecule has 1 aromatic heterocycles. The van der Waals surface area contributed by atoms with Crippen LogP contribution in [-0.4, -0.2) is 26.3 Å². The van der Waals surface area contributed by atoms with Gasteiger partial charge in [-0.15, -0.1) is 0 Å². The van der Waals surface area contributed by atoms with Gasteiger partial charge in [0.05, 0.1) is 33.2 Å². The minimum atomic E-state index is 0.596. The summed E-state index contributed by atoms with van der Waals surface area (Å²) in [4.78, 5) is 4.14. The van der Waals surface area contributed by atoms with E-state index in [2.05, 4.69) is 10.3 Å². The van der Waals surface area contributed by atoms with Crippen LogP contribution < -0.4 is 19.5 Å². The van der Waals surface area contributed by atoms with Crippen LogP contribution >= 0.6 is 0 Å². The Hall–Kier alpha value is -2.43. The highest BCUT2D eigenvalue weighted by Crippen LogP contribution is 2.23. The normalized spacial score (nSPS) is 9.95. The molecule has 5 nitrogen and oxygen atoms in total. The van der Waals surface area contributed by atoms with Crippen molar-refractivity contribution in [2.75, 3.05) is 26.6 Å². The molecule has 0 atom stereocenters. The van der Waals surface area contributed by atoms with Gasteiger partial charge in [-0.1, -0.05) is 0 Å². The summed E-state index contributed by atoms with van der Waals surface area (Å²) in [6.45, 7) is 0.654. The van der Waals surface area contributed by atoms with E-state index in [1.54, 1.807) is 27.5 Å². The average Bonchev–Trinajstić information content (AvgIpc) is 2.53. The molecule has 1 heterocycles. The Morgan fingerprint density at radius 2 is 1.65 bits per heavy atom. The number of benzene rings is 1. The number of nitrogens with zero attached hydrogens (tertiary/aromatic N) is 1. The monoisotopic (exact) mass is 274 g/mol. The lowest BCUT2D eigenvalue weighted by atomic mass is 10.2. The number of rotatable bonds is 6. The third-order valence-electron chi connectivity index (χ3n) is 2.85. The van der Waals surface area contributed by atoms with E-state index >= 15 is 0 Å². The van der Waals surface area contributed by atoms with Gasteiger partial charge < -0.3 is 19.5 Å². The zero-order valence-corrected chi connectivity index (χ0v) is 11.8. The Labute approximate surface area is 118 Å². The number of nitrogens with one attached hydrogen (secondary N) is 1. The summed E-state index contributed by atoms with van der Waals surface area (Å²) in [6, 6.07) is 9.51. The van der Waals surface area contributed by atoms with E-state index in [0.717, 1.165) is 22.7 Å². The number of methoxy groups -OCH3 is 3. The Kier molecular flexibility index (Phi) is 4.65. The van der Waals surface area contributed by atoms with Crippen molar-refractivity contribution in [2.45, 2.75) is 6.54 Å². The van der Waals surface area contributed by atoms with Crippen molar-refractivity contribution < 1.29 is 14.2 Å². The summed E-state index contributed by atoms with van der Waals surface area (Å²) in [5, 5.41) is 3.29. The van der Waals surface area contributed by atoms with Crippen LogP contribution in [0.3, 0.4) is 0 Å². The number of hydrogen-bond acceptors (Lipinski definition) is 5. The van der Waals surface area contributed by atoms with Gasteiger partial charge in [0.2, 0.25) is 5.88 Å². The van der Waals surface area contributed by atoms with Crippen molar-refractivity contribution in [1.29, 1.82) is 0 Å². The minimum absolute atomic E-state index is 0.596. The first-order chi connectivity index (χ1) is 9.75. The highest BCUT2D eigenvalue weighted by molar-refractivity contribution is 5.45. The van der Waals surface area contributed by atoms with Crippen molar-refractivity contribution in [2.24, 2.45) is 0 Å². The average molecular weight is 274 g/mol. The second-order valence-electron chi connectivity index (χ2n) is 4.16. The first-order valence-corrected chi connectivity index (χ1v) is 6.21. The molecule has 0 aliphatic rings. The van der Waals surface area contributed by atoms with Crippen LogP contribution in [0.1, 0.15) is 5.56 Å². The van der Waals surface area contributed by atoms with E-state index in [4.69, 9.17) is 14.2 Å². The van der Waals surface area contributed by atoms with Gasteiger partial charge in [-0.05, 0) is 23.8 Å². The van der Waals surface area contributed by atoms with Gasteiger partial charge in [-0.25, -0.2) is 4.98 Å². The standard InChI is InChI=1S/C15H18N2O3/c1-18-13-6-11(7-14(8-13)19-2)9-16-12-4-5-15(20-3)17-10-12/h4-8,10,16H,9H2,1-3H3. The van der Waals surface area contributed by atoms with Gasteiger partial charge in [0.1, 0.15) is 11.5 Å². The highest BCUT2D eigenvalue weighted by atomic mass is 16.5. The summed E-state index contributed by atoms with van der Waals surface area (Å²) < 4.78 is 15.5. The first-order valence-electron chi connectivity index (χ1n) is 6.21. The maximum Gasteiger partial charge on any atom is 0.213 e. The maximum atomic E-state index is 5.24. The molecule has 0 aliphatic carbocycles. The highest BCUT2D eigenvalue weighted by Gasteiger charge is 2.02. The van der Waals surface area contributed by atoms with E-state index in [1.165, 1.54) is 0 Å². The Balaban J connectivity index is 2.05. The molecule has 1 N–H and O–H groups in total. The number of anilines is 1. The summed E-state index contributed by atoms with van der Waals surface area (Å²) in [6.07, 6.45) is 1.73. The van der Waals surface area contributed by atoms with Crippen LogP contribution in [0, 0.1) is 0 Å². The topological polar surface area (TPSA) is 52.6 Å². The van der Waals surface area contributed by atoms with Gasteiger partial charge in [-0.3, -0.25) is 0 Å². The van der Waals surface area contributed by atoms with Crippen molar-refractivity contribution in [3.05, 3.63) is 42.1 Å². The zero-order valence-electron chi connectivity index (χ0n) is 11.8. The van der Waals surface area contributed by atoms with Gasteiger partial charge in [-0.2, -0.15) is 0 Å². The lowest BCUT2D eigenvalue weighted by molar-refractivity contribution is 0.393. The number of hydrogen-bond donors (Lipinski definition) is 1. The van der Waals surface area contributed by atoms with Crippen molar-refractivity contribution in [3.8, 4) is 17.4 Å². The fourth-order valence-electron chi connectivity index (χ4n) is 1.78. The molecule has 2 aromatic rings. The molecule has 20 heavy (non-hydrogen) atoms. The molecule has 1 aromatic carbocycles. The predicted octanol–water partition coefficient (Wildman–Crippen LogP) is 2.72. The fraction of sp³-hybridized carbons (Fsp3) is 0.267. The fourth-order valence-corrected chi connectivity index (χ4v) is 1.78. The SMILES string of the molecule is COc1cc(CNc2ccc(OC)nc2)cc(OC)c1. The Morgan fingerprint density at radius 1 is 0.950 bits per heavy atom. The van der Waals surface area contributed by atoms with Crippen LogP contribution in [-0.2, 0) is 6.54 Å². The molecule has 0 aliphatic heterocycles. The quantitative estimate of drug-likeness (QED) is 0.877. The molecule has 2 rings (SSSR count). The number of pyridine rings is 1. The molecule has 0 saturated carbocycles. The summed E-state index contributed by atoms with van der Waals surface area (Å²) in [5.41, 5.74) is 1.99. The zero-order chi connectivity index (χ0) is 14.4. The lowest BCUT2D eigenvalue weighted by Gasteiger charge is -2.10. The summed E-state index contributed by atoms with van der Waals surface area (Å²) in [5.74, 6) is 2.14. The number of ether oxygens (including phenoxy) is 3. The first kappa shape index (κ1) is 14.0. The second kappa shape index (κ2) is 6.65. The molecule has 0 spiro atoms. The van der Waals surface area contributed by atoms with Gasteiger partial charge in [0, 0.05) is 18.7 Å². The van der Waals surface area contributed by atoms with Gasteiger partial charge in [0.15, 0.2) is 0 Å². The minimum Gasteiger partial charge on any atom is -0.497 e. The molecule has 0 fully saturated rings. The van der Waals surface area contributed by atoms with E-state index in [1.807, 2.05) is 30.3 Å². The van der Waals surface area contributed by atoms with Crippen molar-refractivity contribution >= 4 is 5.69 Å². The summed E-state index contributed by atoms with van der Waals surface area (Å²) in [7, 11) is 4.87. The van der Waals surface area contributed by atoms with Crippen molar-refractivity contribution in [1.82, 2.24) is 4.98 Å². The van der Waals surface area contributed by atoms with Gasteiger partial charge >= 0.3 is 0 Å². The molecule has 0 saturated heterocycles. The Morgan fingerprint density at radius 3 is 2.15 bits per heavy atom. The van der Waals surface area contributed by atoms with Gasteiger partial charge in [0.25, 0.3) is 0 Å². The molecular formula is C15H18N2O3. The van der Waals surface area contributed by atoms with Crippen LogP contribution in [0.2, 0.25) is 0 Å². The maximum absolute atomic E-state index is 5.24. The lowest BCUT2D eigenvalue weighted by Crippen LogP contribution is -2.01. The molecule has 0 amide bonds. The second-order valence-corrected chi connectivity index (χ2v) is 4.16. The Bertz CT molecular complexity index is 533.